The maximum atomic E-state index is 12.5. The quantitative estimate of drug-likeness (QED) is 0.644. The number of esters is 1. The van der Waals surface area contributed by atoms with E-state index in [1.54, 1.807) is 18.5 Å². The number of hydrogen-bond donors (Lipinski definition) is 0. The molecule has 2 heterocycles. The normalized spacial score (nSPS) is 11.9. The predicted octanol–water partition coefficient (Wildman–Crippen LogP) is 4.04. The Labute approximate surface area is 141 Å². The van der Waals surface area contributed by atoms with E-state index in [2.05, 4.69) is 17.1 Å². The van der Waals surface area contributed by atoms with E-state index in [1.165, 1.54) is 5.56 Å². The molecule has 0 saturated carbocycles. The third-order valence-electron chi connectivity index (χ3n) is 3.96. The van der Waals surface area contributed by atoms with E-state index >= 15 is 0 Å². The van der Waals surface area contributed by atoms with Crippen molar-refractivity contribution in [1.29, 1.82) is 0 Å². The van der Waals surface area contributed by atoms with Crippen LogP contribution in [-0.2, 0) is 17.7 Å². The first kappa shape index (κ1) is 16.0. The first-order valence-corrected chi connectivity index (χ1v) is 8.04. The van der Waals surface area contributed by atoms with Gasteiger partial charge in [0.1, 0.15) is 11.8 Å². The number of ether oxygens (including phenoxy) is 1. The van der Waals surface area contributed by atoms with Crippen LogP contribution in [0.2, 0.25) is 0 Å². The zero-order valence-corrected chi connectivity index (χ0v) is 13.6. The largest absolute Gasteiger partial charge is 0.453 e. The van der Waals surface area contributed by atoms with Crippen LogP contribution in [0.1, 0.15) is 34.6 Å². The monoisotopic (exact) mass is 320 g/mol. The molecule has 0 aliphatic carbocycles. The minimum Gasteiger partial charge on any atom is -0.453 e. The Kier molecular flexibility index (Phi) is 5.06. The zero-order valence-electron chi connectivity index (χ0n) is 13.6. The molecule has 0 fully saturated rings. The Morgan fingerprint density at radius 1 is 1.12 bits per heavy atom. The SMILES string of the molecule is CC(OC(=O)c1cccn1CCc1ccccc1)c1cccnc1. The Hall–Kier alpha value is -2.88. The molecule has 24 heavy (non-hydrogen) atoms. The number of carbonyl (C=O) groups is 1. The van der Waals surface area contributed by atoms with Crippen LogP contribution >= 0.6 is 0 Å². The predicted molar refractivity (Wildman–Crippen MR) is 92.6 cm³/mol. The second kappa shape index (κ2) is 7.59. The number of aromatic nitrogens is 2. The van der Waals surface area contributed by atoms with Gasteiger partial charge in [-0.05, 0) is 37.1 Å². The minimum absolute atomic E-state index is 0.315. The molecule has 2 aromatic heterocycles. The van der Waals surface area contributed by atoms with Crippen LogP contribution in [0.4, 0.5) is 0 Å². The lowest BCUT2D eigenvalue weighted by molar-refractivity contribution is 0.0324. The van der Waals surface area contributed by atoms with E-state index in [4.69, 9.17) is 4.74 Å². The van der Waals surface area contributed by atoms with Gasteiger partial charge in [-0.3, -0.25) is 4.98 Å². The fourth-order valence-electron chi connectivity index (χ4n) is 2.59. The number of nitrogens with zero attached hydrogens (tertiary/aromatic N) is 2. The lowest BCUT2D eigenvalue weighted by Crippen LogP contribution is -2.15. The van der Waals surface area contributed by atoms with E-state index in [0.29, 0.717) is 5.69 Å². The number of aryl methyl sites for hydroxylation is 2. The van der Waals surface area contributed by atoms with Gasteiger partial charge >= 0.3 is 5.97 Å². The van der Waals surface area contributed by atoms with E-state index in [9.17, 15) is 4.79 Å². The Balaban J connectivity index is 1.65. The average molecular weight is 320 g/mol. The minimum atomic E-state index is -0.330. The highest BCUT2D eigenvalue weighted by molar-refractivity contribution is 5.87. The van der Waals surface area contributed by atoms with Crippen molar-refractivity contribution in [1.82, 2.24) is 9.55 Å². The third kappa shape index (κ3) is 3.90. The molecule has 1 atom stereocenters. The molecular formula is C20H20N2O2. The van der Waals surface area contributed by atoms with Crippen LogP contribution in [0.25, 0.3) is 0 Å². The van der Waals surface area contributed by atoms with Gasteiger partial charge in [0.15, 0.2) is 0 Å². The Morgan fingerprint density at radius 2 is 1.96 bits per heavy atom. The van der Waals surface area contributed by atoms with E-state index in [-0.39, 0.29) is 12.1 Å². The molecule has 0 aliphatic rings. The first-order valence-electron chi connectivity index (χ1n) is 8.04. The molecule has 4 heteroatoms. The fourth-order valence-corrected chi connectivity index (χ4v) is 2.59. The summed E-state index contributed by atoms with van der Waals surface area (Å²) in [5, 5.41) is 0. The fraction of sp³-hybridized carbons (Fsp3) is 0.200. The maximum Gasteiger partial charge on any atom is 0.355 e. The molecule has 0 aliphatic heterocycles. The number of rotatable bonds is 6. The first-order chi connectivity index (χ1) is 11.7. The molecule has 1 unspecified atom stereocenters. The summed E-state index contributed by atoms with van der Waals surface area (Å²) in [4.78, 5) is 16.5. The highest BCUT2D eigenvalue weighted by Crippen LogP contribution is 2.18. The van der Waals surface area contributed by atoms with Crippen molar-refractivity contribution in [2.45, 2.75) is 26.0 Å². The molecule has 3 aromatic rings. The van der Waals surface area contributed by atoms with Gasteiger partial charge in [-0.1, -0.05) is 36.4 Å². The summed E-state index contributed by atoms with van der Waals surface area (Å²) in [5.41, 5.74) is 2.70. The topological polar surface area (TPSA) is 44.1 Å². The summed E-state index contributed by atoms with van der Waals surface area (Å²) in [6.07, 6.45) is 5.87. The van der Waals surface area contributed by atoms with Gasteiger partial charge in [-0.2, -0.15) is 0 Å². The van der Waals surface area contributed by atoms with Crippen LogP contribution in [0, 0.1) is 0 Å². The van der Waals surface area contributed by atoms with Crippen molar-refractivity contribution < 1.29 is 9.53 Å². The Morgan fingerprint density at radius 3 is 2.71 bits per heavy atom. The number of benzene rings is 1. The summed E-state index contributed by atoms with van der Waals surface area (Å²) >= 11 is 0. The highest BCUT2D eigenvalue weighted by Gasteiger charge is 2.16. The van der Waals surface area contributed by atoms with Gasteiger partial charge in [0.05, 0.1) is 0 Å². The summed E-state index contributed by atoms with van der Waals surface area (Å²) in [7, 11) is 0. The number of hydrogen-bond acceptors (Lipinski definition) is 3. The molecule has 0 saturated heterocycles. The molecular weight excluding hydrogens is 300 g/mol. The van der Waals surface area contributed by atoms with Crippen molar-refractivity contribution in [3.8, 4) is 0 Å². The molecule has 1 aromatic carbocycles. The van der Waals surface area contributed by atoms with Gasteiger partial charge in [-0.15, -0.1) is 0 Å². The molecule has 0 N–H and O–H groups in total. The van der Waals surface area contributed by atoms with Gasteiger partial charge in [0.25, 0.3) is 0 Å². The summed E-state index contributed by atoms with van der Waals surface area (Å²) < 4.78 is 7.51. The van der Waals surface area contributed by atoms with Crippen molar-refractivity contribution in [3.05, 3.63) is 90.0 Å². The van der Waals surface area contributed by atoms with Crippen molar-refractivity contribution in [3.63, 3.8) is 0 Å². The highest BCUT2D eigenvalue weighted by atomic mass is 16.5. The summed E-state index contributed by atoms with van der Waals surface area (Å²) in [6, 6.07) is 17.6. The molecule has 3 rings (SSSR count). The van der Waals surface area contributed by atoms with Crippen LogP contribution in [-0.4, -0.2) is 15.5 Å². The van der Waals surface area contributed by atoms with Crippen LogP contribution in [0.5, 0.6) is 0 Å². The molecule has 4 nitrogen and oxygen atoms in total. The van der Waals surface area contributed by atoms with Gasteiger partial charge in [0.2, 0.25) is 0 Å². The van der Waals surface area contributed by atoms with E-state index < -0.39 is 0 Å². The van der Waals surface area contributed by atoms with E-state index in [0.717, 1.165) is 18.5 Å². The standard InChI is InChI=1S/C20H20N2O2/c1-16(18-9-5-12-21-15-18)24-20(23)19-10-6-13-22(19)14-11-17-7-3-2-4-8-17/h2-10,12-13,15-16H,11,14H2,1H3. The number of carbonyl (C=O) groups excluding carboxylic acids is 1. The van der Waals surface area contributed by atoms with E-state index in [1.807, 2.05) is 54.1 Å². The van der Waals surface area contributed by atoms with Crippen molar-refractivity contribution in [2.24, 2.45) is 0 Å². The van der Waals surface area contributed by atoms with Gasteiger partial charge in [-0.25, -0.2) is 4.79 Å². The summed E-state index contributed by atoms with van der Waals surface area (Å²) in [6.45, 7) is 2.59. The third-order valence-corrected chi connectivity index (χ3v) is 3.96. The maximum absolute atomic E-state index is 12.5. The molecule has 0 radical (unpaired) electrons. The molecule has 0 bridgehead atoms. The van der Waals surface area contributed by atoms with Gasteiger partial charge < -0.3 is 9.30 Å². The van der Waals surface area contributed by atoms with Crippen molar-refractivity contribution in [2.75, 3.05) is 0 Å². The smallest absolute Gasteiger partial charge is 0.355 e. The second-order valence-corrected chi connectivity index (χ2v) is 5.66. The lowest BCUT2D eigenvalue weighted by Gasteiger charge is -2.14. The average Bonchev–Trinajstić information content (AvgIpc) is 3.10. The molecule has 0 amide bonds. The molecule has 0 spiro atoms. The van der Waals surface area contributed by atoms with Crippen molar-refractivity contribution >= 4 is 5.97 Å². The summed E-state index contributed by atoms with van der Waals surface area (Å²) in [5.74, 6) is -0.315. The zero-order chi connectivity index (χ0) is 16.8. The van der Waals surface area contributed by atoms with Crippen LogP contribution in [0.15, 0.2) is 73.2 Å². The second-order valence-electron chi connectivity index (χ2n) is 5.66. The lowest BCUT2D eigenvalue weighted by atomic mass is 10.1. The van der Waals surface area contributed by atoms with Gasteiger partial charge in [0, 0.05) is 30.7 Å². The Bertz CT molecular complexity index is 782. The van der Waals surface area contributed by atoms with Crippen LogP contribution in [0.3, 0.4) is 0 Å². The molecule has 122 valence electrons. The number of pyridine rings is 1. The van der Waals surface area contributed by atoms with Crippen LogP contribution < -0.4 is 0 Å².